The number of hydrogen-bond acceptors (Lipinski definition) is 1. The monoisotopic (exact) mass is 218 g/mol. The Bertz CT molecular complexity index is 142. The molecule has 0 bridgehead atoms. The maximum Gasteiger partial charge on any atom is 2.00 e. The molecule has 0 saturated carbocycles. The minimum Gasteiger partial charge on any atom is -0.393 e. The van der Waals surface area contributed by atoms with E-state index in [1.165, 1.54) is 0 Å². The van der Waals surface area contributed by atoms with Crippen LogP contribution in [0, 0.1) is 6.20 Å². The van der Waals surface area contributed by atoms with Gasteiger partial charge < -0.3 is 4.98 Å². The first-order chi connectivity index (χ1) is 3.39. The number of aromatic nitrogens is 1. The topological polar surface area (TPSA) is 12.9 Å². The molecule has 0 unspecified atom stereocenters. The van der Waals surface area contributed by atoms with Gasteiger partial charge in [-0.1, -0.05) is 17.4 Å². The van der Waals surface area contributed by atoms with E-state index in [-0.39, 0.29) is 20.4 Å². The van der Waals surface area contributed by atoms with Gasteiger partial charge in [0.2, 0.25) is 0 Å². The average Bonchev–Trinajstić information content (AvgIpc) is 1.69. The average molecular weight is 219 g/mol. The Balaban J connectivity index is 0.000000490. The first-order valence-electron chi connectivity index (χ1n) is 1.88. The number of nitrogens with zero attached hydrogens (tertiary/aromatic N) is 1. The molecule has 1 rings (SSSR count). The van der Waals surface area contributed by atoms with Crippen LogP contribution in [-0.2, 0) is 20.4 Å². The van der Waals surface area contributed by atoms with Crippen LogP contribution >= 0.6 is 11.6 Å². The zero-order valence-electron chi connectivity index (χ0n) is 3.87. The normalized spacial score (nSPS) is 7.62. The summed E-state index contributed by atoms with van der Waals surface area (Å²) < 4.78 is 0. The molecule has 0 aliphatic carbocycles. The van der Waals surface area contributed by atoms with Crippen molar-refractivity contribution in [2.75, 3.05) is 0 Å². The predicted octanol–water partition coefficient (Wildman–Crippen LogP) is 1.53. The molecule has 44 valence electrons. The number of hydrogen-bond donors (Lipinski definition) is 0. The zero-order chi connectivity index (χ0) is 5.11. The van der Waals surface area contributed by atoms with E-state index in [4.69, 9.17) is 11.6 Å². The van der Waals surface area contributed by atoms with E-state index in [1.807, 2.05) is 0 Å². The van der Waals surface area contributed by atoms with Crippen LogP contribution in [0.4, 0.5) is 0 Å². The van der Waals surface area contributed by atoms with Gasteiger partial charge in [-0.25, -0.2) is 0 Å². The van der Waals surface area contributed by atoms with Crippen LogP contribution in [0.25, 0.3) is 0 Å². The summed E-state index contributed by atoms with van der Waals surface area (Å²) in [6.45, 7) is 0. The summed E-state index contributed by atoms with van der Waals surface area (Å²) in [6, 6.07) is 3.49. The third-order valence-electron chi connectivity index (χ3n) is 0.575. The molecule has 3 heteroatoms. The molecular weight excluding hydrogens is 216 g/mol. The summed E-state index contributed by atoms with van der Waals surface area (Å²) in [7, 11) is 0. The van der Waals surface area contributed by atoms with Gasteiger partial charge >= 0.3 is 20.4 Å². The van der Waals surface area contributed by atoms with Gasteiger partial charge in [-0.2, -0.15) is 6.07 Å². The molecule has 0 saturated heterocycles. The second-order valence-electron chi connectivity index (χ2n) is 1.10. The molecule has 0 N–H and O–H groups in total. The zero-order valence-corrected chi connectivity index (χ0v) is 6.18. The standard InChI is InChI=1S/C5H3ClN.Pd/c6-5-2-1-3-7-4-5;/h1-3H;/q-1;+2. The second kappa shape index (κ2) is 4.03. The van der Waals surface area contributed by atoms with Crippen LogP contribution in [0.2, 0.25) is 5.02 Å². The van der Waals surface area contributed by atoms with Crippen LogP contribution < -0.4 is 0 Å². The van der Waals surface area contributed by atoms with Gasteiger partial charge in [-0.3, -0.25) is 0 Å². The van der Waals surface area contributed by atoms with Crippen molar-refractivity contribution in [2.45, 2.75) is 0 Å². The molecule has 0 aliphatic rings. The summed E-state index contributed by atoms with van der Waals surface area (Å²) in [5.74, 6) is 0. The molecule has 1 nitrogen and oxygen atoms in total. The minimum absolute atomic E-state index is 0. The maximum atomic E-state index is 5.42. The van der Waals surface area contributed by atoms with E-state index >= 15 is 0 Å². The largest absolute Gasteiger partial charge is 2.00 e. The van der Waals surface area contributed by atoms with Crippen LogP contribution in [0.15, 0.2) is 18.3 Å². The van der Waals surface area contributed by atoms with Crippen molar-refractivity contribution in [1.29, 1.82) is 0 Å². The van der Waals surface area contributed by atoms with E-state index < -0.39 is 0 Å². The van der Waals surface area contributed by atoms with E-state index in [2.05, 4.69) is 11.2 Å². The Morgan fingerprint density at radius 3 is 2.62 bits per heavy atom. The van der Waals surface area contributed by atoms with E-state index in [0.717, 1.165) is 0 Å². The van der Waals surface area contributed by atoms with Gasteiger partial charge in [0.05, 0.1) is 0 Å². The van der Waals surface area contributed by atoms with Gasteiger partial charge in [0.15, 0.2) is 0 Å². The summed E-state index contributed by atoms with van der Waals surface area (Å²) in [5, 5.41) is 0.558. The maximum absolute atomic E-state index is 5.42. The fraction of sp³-hybridized carbons (Fsp3) is 0. The quantitative estimate of drug-likeness (QED) is 0.476. The number of rotatable bonds is 0. The van der Waals surface area contributed by atoms with Gasteiger partial charge in [0.25, 0.3) is 0 Å². The molecule has 0 aromatic carbocycles. The Labute approximate surface area is 66.7 Å². The van der Waals surface area contributed by atoms with Crippen LogP contribution in [0.1, 0.15) is 0 Å². The van der Waals surface area contributed by atoms with Crippen molar-refractivity contribution in [3.8, 4) is 0 Å². The van der Waals surface area contributed by atoms with Gasteiger partial charge in [-0.05, 0) is 0 Å². The summed E-state index contributed by atoms with van der Waals surface area (Å²) >= 11 is 5.42. The van der Waals surface area contributed by atoms with E-state index in [0.29, 0.717) is 5.02 Å². The fourth-order valence-corrected chi connectivity index (χ4v) is 0.428. The van der Waals surface area contributed by atoms with Crippen LogP contribution in [0.5, 0.6) is 0 Å². The molecule has 1 heterocycles. The molecule has 0 atom stereocenters. The van der Waals surface area contributed by atoms with Crippen molar-refractivity contribution >= 4 is 11.6 Å². The van der Waals surface area contributed by atoms with Crippen molar-refractivity contribution in [2.24, 2.45) is 0 Å². The predicted molar refractivity (Wildman–Crippen MR) is 28.1 cm³/mol. The number of halogens is 1. The molecule has 1 aromatic heterocycles. The molecule has 0 aliphatic heterocycles. The summed E-state index contributed by atoms with van der Waals surface area (Å²) in [6.07, 6.45) is 4.18. The summed E-state index contributed by atoms with van der Waals surface area (Å²) in [5.41, 5.74) is 0. The fourth-order valence-electron chi connectivity index (χ4n) is 0.307. The Kier molecular flexibility index (Phi) is 4.08. The Hall–Kier alpha value is 0.102. The van der Waals surface area contributed by atoms with Crippen molar-refractivity contribution < 1.29 is 20.4 Å². The third kappa shape index (κ3) is 2.42. The Morgan fingerprint density at radius 1 is 1.62 bits per heavy atom. The van der Waals surface area contributed by atoms with Crippen molar-refractivity contribution in [3.63, 3.8) is 0 Å². The van der Waals surface area contributed by atoms with Gasteiger partial charge in [-0.15, -0.1) is 17.7 Å². The van der Waals surface area contributed by atoms with Gasteiger partial charge in [0, 0.05) is 0 Å². The molecule has 0 spiro atoms. The molecule has 0 amide bonds. The van der Waals surface area contributed by atoms with Crippen molar-refractivity contribution in [3.05, 3.63) is 29.5 Å². The Morgan fingerprint density at radius 2 is 2.38 bits per heavy atom. The first kappa shape index (κ1) is 8.10. The smallest absolute Gasteiger partial charge is 0.393 e. The molecule has 1 aromatic rings. The molecule has 0 radical (unpaired) electrons. The number of pyridine rings is 1. The minimum atomic E-state index is 0. The molecule has 0 fully saturated rings. The molecule has 8 heavy (non-hydrogen) atoms. The van der Waals surface area contributed by atoms with E-state index in [9.17, 15) is 0 Å². The van der Waals surface area contributed by atoms with E-state index in [1.54, 1.807) is 18.3 Å². The molecular formula is C5H3ClNPd+. The van der Waals surface area contributed by atoms with Crippen LogP contribution in [0.3, 0.4) is 0 Å². The van der Waals surface area contributed by atoms with Gasteiger partial charge in [0.1, 0.15) is 0 Å². The van der Waals surface area contributed by atoms with Crippen LogP contribution in [-0.4, -0.2) is 4.98 Å². The van der Waals surface area contributed by atoms with Crippen molar-refractivity contribution in [1.82, 2.24) is 4.98 Å². The first-order valence-corrected chi connectivity index (χ1v) is 2.25. The second-order valence-corrected chi connectivity index (χ2v) is 1.50. The SMILES string of the molecule is Clc1[c-]nccc1.[Pd+2]. The third-order valence-corrected chi connectivity index (χ3v) is 0.785. The summed E-state index contributed by atoms with van der Waals surface area (Å²) in [4.78, 5) is 3.63.